The maximum atomic E-state index is 11.2. The molecule has 0 rings (SSSR count). The van der Waals surface area contributed by atoms with Crippen molar-refractivity contribution in [2.45, 2.75) is 197 Å². The second-order valence-electron chi connectivity index (χ2n) is 13.4. The van der Waals surface area contributed by atoms with Gasteiger partial charge in [0, 0.05) is 0 Å². The first-order valence-electron chi connectivity index (χ1n) is 19.8. The van der Waals surface area contributed by atoms with Gasteiger partial charge in [0.15, 0.2) is 0 Å². The predicted octanol–water partition coefficient (Wildman–Crippen LogP) is 10.3. The minimum atomic E-state index is -0.734. The van der Waals surface area contributed by atoms with Crippen molar-refractivity contribution in [1.82, 2.24) is 0 Å². The van der Waals surface area contributed by atoms with Crippen molar-refractivity contribution >= 4 is 53.8 Å². The molecule has 0 amide bonds. The third kappa shape index (κ3) is 39.2. The summed E-state index contributed by atoms with van der Waals surface area (Å²) in [6.07, 6.45) is 19.9. The molecule has 0 fully saturated rings. The molecule has 0 aliphatic rings. The van der Waals surface area contributed by atoms with Gasteiger partial charge >= 0.3 is 53.8 Å². The van der Waals surface area contributed by atoms with Crippen molar-refractivity contribution < 1.29 is 49.5 Å². The Morgan fingerprint density at radius 3 is 0.706 bits per heavy atom. The van der Waals surface area contributed by atoms with Crippen LogP contribution in [0.2, 0.25) is 0 Å². The molecule has 51 heavy (non-hydrogen) atoms. The van der Waals surface area contributed by atoms with Crippen molar-refractivity contribution in [3.8, 4) is 0 Å². The van der Waals surface area contributed by atoms with Gasteiger partial charge in [-0.25, -0.2) is 0 Å². The maximum absolute atomic E-state index is 11.2. The van der Waals surface area contributed by atoms with Crippen molar-refractivity contribution in [2.24, 2.45) is 29.6 Å². The number of carboxylic acid groups (broad SMARTS) is 5. The second-order valence-corrected chi connectivity index (χ2v) is 13.4. The van der Waals surface area contributed by atoms with Crippen molar-refractivity contribution in [2.75, 3.05) is 0 Å². The van der Waals surface area contributed by atoms with Crippen LogP contribution in [0.3, 0.4) is 0 Å². The van der Waals surface area contributed by atoms with E-state index < -0.39 is 29.8 Å². The Morgan fingerprint density at radius 2 is 0.510 bits per heavy atom. The van der Waals surface area contributed by atoms with E-state index in [1.807, 2.05) is 27.7 Å². The fourth-order valence-electron chi connectivity index (χ4n) is 5.35. The molecule has 0 saturated carbocycles. The van der Waals surface area contributed by atoms with E-state index in [2.05, 4.69) is 27.7 Å². The summed E-state index contributed by atoms with van der Waals surface area (Å²) in [5, 5.41) is 43.9. The fraction of sp³-hybridized carbons (Fsp3) is 0.875. The summed E-state index contributed by atoms with van der Waals surface area (Å²) < 4.78 is 0. The van der Waals surface area contributed by atoms with Crippen molar-refractivity contribution in [3.05, 3.63) is 0 Å². The van der Waals surface area contributed by atoms with E-state index in [1.54, 1.807) is 0 Å². The Labute approximate surface area is 328 Å². The number of hydrogen-bond donors (Lipinski definition) is 5. The van der Waals surface area contributed by atoms with Crippen LogP contribution in [-0.2, 0) is 24.0 Å². The molecule has 0 heterocycles. The summed E-state index contributed by atoms with van der Waals surface area (Å²) in [7, 11) is 0. The van der Waals surface area contributed by atoms with Crippen LogP contribution >= 0.6 is 0 Å². The van der Waals surface area contributed by atoms with Gasteiger partial charge in [-0.05, 0) is 64.2 Å². The SMILES string of the molecule is CCCCC(CC)C(=O)O.CCCCC(CC)C(=O)O.CCCCC(CC)C(=O)O.CCCCCCC(CCCCC(CC)C(=O)O)C(=O)O.[SnH2]. The number of hydrogen-bond acceptors (Lipinski definition) is 5. The van der Waals surface area contributed by atoms with Crippen LogP contribution in [0.4, 0.5) is 0 Å². The first kappa shape index (κ1) is 58.5. The molecule has 0 aliphatic carbocycles. The molecule has 10 nitrogen and oxygen atoms in total. The van der Waals surface area contributed by atoms with Gasteiger partial charge in [0.2, 0.25) is 0 Å². The molecular weight excluding hydrogens is 759 g/mol. The van der Waals surface area contributed by atoms with Crippen LogP contribution in [0.5, 0.6) is 0 Å². The molecule has 2 radical (unpaired) electrons. The van der Waals surface area contributed by atoms with E-state index in [0.717, 1.165) is 116 Å². The van der Waals surface area contributed by atoms with Gasteiger partial charge < -0.3 is 25.5 Å². The summed E-state index contributed by atoms with van der Waals surface area (Å²) in [5.41, 5.74) is 0. The zero-order chi connectivity index (χ0) is 39.3. The molecule has 0 aliphatic heterocycles. The summed E-state index contributed by atoms with van der Waals surface area (Å²) in [6, 6.07) is 0. The van der Waals surface area contributed by atoms with Crippen molar-refractivity contribution in [3.63, 3.8) is 0 Å². The molecule has 11 heteroatoms. The predicted molar refractivity (Wildman–Crippen MR) is 211 cm³/mol. The molecule has 0 bridgehead atoms. The molecule has 0 aromatic rings. The molecule has 5 N–H and O–H groups in total. The van der Waals surface area contributed by atoms with Crippen LogP contribution in [-0.4, -0.2) is 79.3 Å². The third-order valence-electron chi connectivity index (χ3n) is 9.20. The molecule has 5 unspecified atom stereocenters. The zero-order valence-corrected chi connectivity index (χ0v) is 38.0. The molecule has 5 atom stereocenters. The van der Waals surface area contributed by atoms with E-state index in [9.17, 15) is 29.1 Å². The van der Waals surface area contributed by atoms with Gasteiger partial charge in [0.25, 0.3) is 0 Å². The Hall–Kier alpha value is -1.85. The average molecular weight is 840 g/mol. The summed E-state index contributed by atoms with van der Waals surface area (Å²) >= 11 is 0. The van der Waals surface area contributed by atoms with Crippen LogP contribution < -0.4 is 0 Å². The number of rotatable bonds is 28. The monoisotopic (exact) mass is 840 g/mol. The van der Waals surface area contributed by atoms with Gasteiger partial charge in [-0.15, -0.1) is 0 Å². The molecular formula is C40H80O10Sn. The van der Waals surface area contributed by atoms with Crippen molar-refractivity contribution in [1.29, 1.82) is 0 Å². The summed E-state index contributed by atoms with van der Waals surface area (Å²) in [6.45, 7) is 16.0. The van der Waals surface area contributed by atoms with E-state index in [-0.39, 0.29) is 53.5 Å². The zero-order valence-electron chi connectivity index (χ0n) is 33.9. The molecule has 0 spiro atoms. The van der Waals surface area contributed by atoms with Gasteiger partial charge in [0.05, 0.1) is 29.6 Å². The number of aliphatic carboxylic acids is 5. The minimum absolute atomic E-state index is 0. The van der Waals surface area contributed by atoms with Gasteiger partial charge in [-0.1, -0.05) is 132 Å². The Balaban J connectivity index is -0.000000195. The van der Waals surface area contributed by atoms with Gasteiger partial charge in [0.1, 0.15) is 0 Å². The second kappa shape index (κ2) is 42.6. The Morgan fingerprint density at radius 1 is 0.314 bits per heavy atom. The topological polar surface area (TPSA) is 186 Å². The van der Waals surface area contributed by atoms with E-state index in [1.165, 1.54) is 6.42 Å². The normalized spacial score (nSPS) is 13.1. The molecule has 0 aromatic carbocycles. The van der Waals surface area contributed by atoms with Crippen LogP contribution in [0.15, 0.2) is 0 Å². The Kier molecular flexibility index (Phi) is 48.8. The van der Waals surface area contributed by atoms with E-state index in [0.29, 0.717) is 19.3 Å². The first-order valence-corrected chi connectivity index (χ1v) is 19.8. The first-order chi connectivity index (χ1) is 23.7. The quantitative estimate of drug-likeness (QED) is 0.0375. The fourth-order valence-corrected chi connectivity index (χ4v) is 5.35. The summed E-state index contributed by atoms with van der Waals surface area (Å²) in [4.78, 5) is 53.3. The molecule has 304 valence electrons. The Bertz CT molecular complexity index is 774. The molecule has 0 saturated heterocycles. The third-order valence-corrected chi connectivity index (χ3v) is 9.20. The van der Waals surface area contributed by atoms with E-state index in [4.69, 9.17) is 20.4 Å². The van der Waals surface area contributed by atoms with Crippen LogP contribution in [0.25, 0.3) is 0 Å². The standard InChI is InChI=1S/C16H30O4.3C8H16O2.Sn.2H/c1-3-5-6-7-11-14(16(19)20)12-9-8-10-13(4-2)15(17)18;3*1-3-5-6-7(4-2)8(9)10;;;/h13-14H,3-12H2,1-2H3,(H,17,18)(H,19,20);3*7H,3-6H2,1-2H3,(H,9,10);;;. The summed E-state index contributed by atoms with van der Waals surface area (Å²) in [5.74, 6) is -4.23. The number of unbranched alkanes of at least 4 members (excludes halogenated alkanes) is 7. The number of carbonyl (C=O) groups is 5. The van der Waals surface area contributed by atoms with Gasteiger partial charge in [-0.2, -0.15) is 0 Å². The number of carboxylic acids is 5. The van der Waals surface area contributed by atoms with Crippen LogP contribution in [0, 0.1) is 29.6 Å². The van der Waals surface area contributed by atoms with Crippen LogP contribution in [0.1, 0.15) is 197 Å². The van der Waals surface area contributed by atoms with Gasteiger partial charge in [-0.3, -0.25) is 24.0 Å². The average Bonchev–Trinajstić information content (AvgIpc) is 3.07. The molecule has 0 aromatic heterocycles. The van der Waals surface area contributed by atoms with E-state index >= 15 is 0 Å².